The summed E-state index contributed by atoms with van der Waals surface area (Å²) >= 11 is 1.95. The molecule has 1 aliphatic rings. The van der Waals surface area contributed by atoms with Crippen LogP contribution in [-0.4, -0.2) is 18.3 Å². The number of thioether (sulfide) groups is 1. The van der Waals surface area contributed by atoms with E-state index in [4.69, 9.17) is 0 Å². The van der Waals surface area contributed by atoms with Crippen molar-refractivity contribution in [3.63, 3.8) is 0 Å². The third-order valence-electron chi connectivity index (χ3n) is 3.56. The Morgan fingerprint density at radius 3 is 2.53 bits per heavy atom. The Hall–Kier alpha value is -0.470. The molecule has 2 rings (SSSR count). The molecule has 1 saturated carbocycles. The SMILES string of the molecule is CC1CCC(NCCSc2ccccc2)CC1. The van der Waals surface area contributed by atoms with E-state index < -0.39 is 0 Å². The average molecular weight is 249 g/mol. The van der Waals surface area contributed by atoms with Crippen molar-refractivity contribution in [3.05, 3.63) is 30.3 Å². The van der Waals surface area contributed by atoms with Gasteiger partial charge in [-0.15, -0.1) is 11.8 Å². The van der Waals surface area contributed by atoms with Crippen LogP contribution in [0, 0.1) is 5.92 Å². The van der Waals surface area contributed by atoms with Crippen LogP contribution in [0.25, 0.3) is 0 Å². The topological polar surface area (TPSA) is 12.0 Å². The maximum Gasteiger partial charge on any atom is 0.0106 e. The van der Waals surface area contributed by atoms with Crippen molar-refractivity contribution in [1.29, 1.82) is 0 Å². The van der Waals surface area contributed by atoms with E-state index in [1.807, 2.05) is 11.8 Å². The molecule has 1 fully saturated rings. The van der Waals surface area contributed by atoms with Gasteiger partial charge in [0.15, 0.2) is 0 Å². The van der Waals surface area contributed by atoms with Crippen LogP contribution < -0.4 is 5.32 Å². The van der Waals surface area contributed by atoms with E-state index in [-0.39, 0.29) is 0 Å². The van der Waals surface area contributed by atoms with Gasteiger partial charge < -0.3 is 5.32 Å². The van der Waals surface area contributed by atoms with Crippen molar-refractivity contribution in [2.75, 3.05) is 12.3 Å². The molecule has 1 aliphatic carbocycles. The molecular formula is C15H23NS. The second kappa shape index (κ2) is 7.07. The molecule has 1 aromatic carbocycles. The number of benzene rings is 1. The van der Waals surface area contributed by atoms with Gasteiger partial charge in [0, 0.05) is 23.2 Å². The molecule has 0 heterocycles. The lowest BCUT2D eigenvalue weighted by atomic mass is 9.87. The number of rotatable bonds is 5. The van der Waals surface area contributed by atoms with Crippen molar-refractivity contribution in [1.82, 2.24) is 5.32 Å². The first-order chi connectivity index (χ1) is 8.34. The van der Waals surface area contributed by atoms with Gasteiger partial charge in [-0.3, -0.25) is 0 Å². The van der Waals surface area contributed by atoms with Crippen LogP contribution in [0.5, 0.6) is 0 Å². The maximum absolute atomic E-state index is 3.69. The van der Waals surface area contributed by atoms with E-state index in [9.17, 15) is 0 Å². The largest absolute Gasteiger partial charge is 0.313 e. The van der Waals surface area contributed by atoms with E-state index in [0.29, 0.717) is 0 Å². The minimum Gasteiger partial charge on any atom is -0.313 e. The normalized spacial score (nSPS) is 24.8. The van der Waals surface area contributed by atoms with Gasteiger partial charge in [0.1, 0.15) is 0 Å². The van der Waals surface area contributed by atoms with Crippen LogP contribution in [0.2, 0.25) is 0 Å². The Balaban J connectivity index is 1.57. The fraction of sp³-hybridized carbons (Fsp3) is 0.600. The Labute approximate surface area is 109 Å². The Morgan fingerprint density at radius 2 is 1.82 bits per heavy atom. The quantitative estimate of drug-likeness (QED) is 0.626. The third kappa shape index (κ3) is 4.72. The highest BCUT2D eigenvalue weighted by Gasteiger charge is 2.16. The number of nitrogens with one attached hydrogen (secondary N) is 1. The Bertz CT molecular complexity index is 304. The van der Waals surface area contributed by atoms with Crippen LogP contribution in [0.4, 0.5) is 0 Å². The highest BCUT2D eigenvalue weighted by molar-refractivity contribution is 7.99. The third-order valence-corrected chi connectivity index (χ3v) is 4.58. The fourth-order valence-corrected chi connectivity index (χ4v) is 3.22. The Kier molecular flexibility index (Phi) is 5.40. The summed E-state index contributed by atoms with van der Waals surface area (Å²) in [6.07, 6.45) is 5.56. The highest BCUT2D eigenvalue weighted by atomic mass is 32.2. The van der Waals surface area contributed by atoms with Crippen molar-refractivity contribution in [2.45, 2.75) is 43.5 Å². The monoisotopic (exact) mass is 249 g/mol. The molecule has 1 nitrogen and oxygen atoms in total. The zero-order chi connectivity index (χ0) is 11.9. The summed E-state index contributed by atoms with van der Waals surface area (Å²) < 4.78 is 0. The molecule has 0 amide bonds. The highest BCUT2D eigenvalue weighted by Crippen LogP contribution is 2.23. The summed E-state index contributed by atoms with van der Waals surface area (Å²) in [5.74, 6) is 2.13. The van der Waals surface area contributed by atoms with Gasteiger partial charge in [-0.2, -0.15) is 0 Å². The summed E-state index contributed by atoms with van der Waals surface area (Å²) in [6.45, 7) is 3.51. The molecule has 0 aromatic heterocycles. The maximum atomic E-state index is 3.69. The van der Waals surface area contributed by atoms with Crippen molar-refractivity contribution in [3.8, 4) is 0 Å². The molecule has 1 aromatic rings. The number of hydrogen-bond acceptors (Lipinski definition) is 2. The average Bonchev–Trinajstić information content (AvgIpc) is 2.38. The fourth-order valence-electron chi connectivity index (χ4n) is 2.41. The van der Waals surface area contributed by atoms with E-state index >= 15 is 0 Å². The smallest absolute Gasteiger partial charge is 0.0106 e. The van der Waals surface area contributed by atoms with Crippen LogP contribution in [0.3, 0.4) is 0 Å². The van der Waals surface area contributed by atoms with E-state index in [0.717, 1.165) is 18.5 Å². The lowest BCUT2D eigenvalue weighted by molar-refractivity contribution is 0.312. The van der Waals surface area contributed by atoms with Gasteiger partial charge in [-0.25, -0.2) is 0 Å². The van der Waals surface area contributed by atoms with Gasteiger partial charge in [0.25, 0.3) is 0 Å². The second-order valence-corrected chi connectivity index (χ2v) is 6.24. The van der Waals surface area contributed by atoms with E-state index in [1.165, 1.54) is 36.3 Å². The van der Waals surface area contributed by atoms with Crippen molar-refractivity contribution < 1.29 is 0 Å². The van der Waals surface area contributed by atoms with Crippen molar-refractivity contribution >= 4 is 11.8 Å². The predicted octanol–water partition coefficient (Wildman–Crippen LogP) is 3.95. The summed E-state index contributed by atoms with van der Waals surface area (Å²) in [4.78, 5) is 1.38. The molecule has 0 spiro atoms. The van der Waals surface area contributed by atoms with Crippen LogP contribution in [0.15, 0.2) is 35.2 Å². The lowest BCUT2D eigenvalue weighted by Gasteiger charge is -2.26. The summed E-state index contributed by atoms with van der Waals surface area (Å²) in [5.41, 5.74) is 0. The van der Waals surface area contributed by atoms with Crippen LogP contribution in [0.1, 0.15) is 32.6 Å². The van der Waals surface area contributed by atoms with E-state index in [1.54, 1.807) is 0 Å². The van der Waals surface area contributed by atoms with Gasteiger partial charge in [0.05, 0.1) is 0 Å². The minimum atomic E-state index is 0.780. The number of hydrogen-bond donors (Lipinski definition) is 1. The molecule has 0 bridgehead atoms. The Morgan fingerprint density at radius 1 is 1.12 bits per heavy atom. The molecule has 1 N–H and O–H groups in total. The van der Waals surface area contributed by atoms with Crippen LogP contribution in [-0.2, 0) is 0 Å². The van der Waals surface area contributed by atoms with Crippen molar-refractivity contribution in [2.24, 2.45) is 5.92 Å². The summed E-state index contributed by atoms with van der Waals surface area (Å²) in [5, 5.41) is 3.69. The second-order valence-electron chi connectivity index (χ2n) is 5.07. The molecule has 0 unspecified atom stereocenters. The molecule has 0 radical (unpaired) electrons. The minimum absolute atomic E-state index is 0.780. The molecule has 0 saturated heterocycles. The first kappa shape index (κ1) is 13.0. The standard InChI is InChI=1S/C15H23NS/c1-13-7-9-14(10-8-13)16-11-12-17-15-5-3-2-4-6-15/h2-6,13-14,16H,7-12H2,1H3. The zero-order valence-electron chi connectivity index (χ0n) is 10.7. The summed E-state index contributed by atoms with van der Waals surface area (Å²) in [6, 6.07) is 11.4. The molecule has 94 valence electrons. The van der Waals surface area contributed by atoms with Gasteiger partial charge in [-0.1, -0.05) is 25.1 Å². The molecule has 0 aliphatic heterocycles. The van der Waals surface area contributed by atoms with E-state index in [2.05, 4.69) is 42.6 Å². The molecule has 17 heavy (non-hydrogen) atoms. The first-order valence-corrected chi connectivity index (χ1v) is 7.74. The lowest BCUT2D eigenvalue weighted by Crippen LogP contribution is -2.34. The van der Waals surface area contributed by atoms with Crippen LogP contribution >= 0.6 is 11.8 Å². The molecular weight excluding hydrogens is 226 g/mol. The zero-order valence-corrected chi connectivity index (χ0v) is 11.5. The molecule has 2 heteroatoms. The van der Waals surface area contributed by atoms with Gasteiger partial charge >= 0.3 is 0 Å². The first-order valence-electron chi connectivity index (χ1n) is 6.76. The molecule has 0 atom stereocenters. The van der Waals surface area contributed by atoms with Gasteiger partial charge in [-0.05, 0) is 43.7 Å². The summed E-state index contributed by atoms with van der Waals surface area (Å²) in [7, 11) is 0. The van der Waals surface area contributed by atoms with Gasteiger partial charge in [0.2, 0.25) is 0 Å². The predicted molar refractivity (Wildman–Crippen MR) is 76.6 cm³/mol.